The number of rotatable bonds is 2. The molecule has 0 amide bonds. The van der Waals surface area contributed by atoms with E-state index in [0.29, 0.717) is 22.3 Å². The van der Waals surface area contributed by atoms with Crippen molar-refractivity contribution in [3.05, 3.63) is 65.2 Å². The molecule has 4 nitrogen and oxygen atoms in total. The van der Waals surface area contributed by atoms with Gasteiger partial charge in [0, 0.05) is 0 Å². The number of methoxy groups -OCH3 is 1. The monoisotopic (exact) mass is 252 g/mol. The van der Waals surface area contributed by atoms with Crippen LogP contribution in [0.5, 0.6) is 5.75 Å². The number of fused-ring (bicyclic) bond motifs is 1. The summed E-state index contributed by atoms with van der Waals surface area (Å²) in [5.74, 6) is 0.640. The maximum Gasteiger partial charge on any atom is 0.265 e. The lowest BCUT2D eigenvalue weighted by Crippen LogP contribution is -2.19. The van der Waals surface area contributed by atoms with Gasteiger partial charge in [-0.3, -0.25) is 9.36 Å². The molecule has 0 unspecified atom stereocenters. The van der Waals surface area contributed by atoms with Crippen LogP contribution >= 0.6 is 0 Å². The Hall–Kier alpha value is -2.62. The van der Waals surface area contributed by atoms with Gasteiger partial charge in [-0.15, -0.1) is 0 Å². The van der Waals surface area contributed by atoms with E-state index in [9.17, 15) is 4.79 Å². The highest BCUT2D eigenvalue weighted by atomic mass is 16.5. The van der Waals surface area contributed by atoms with Crippen LogP contribution in [0.25, 0.3) is 16.6 Å². The number of aromatic nitrogens is 2. The van der Waals surface area contributed by atoms with Crippen LogP contribution in [0.3, 0.4) is 0 Å². The summed E-state index contributed by atoms with van der Waals surface area (Å²) in [7, 11) is 1.58. The third-order valence-electron chi connectivity index (χ3n) is 3.01. The van der Waals surface area contributed by atoms with E-state index < -0.39 is 0 Å². The fourth-order valence-electron chi connectivity index (χ4n) is 2.07. The molecule has 1 aromatic heterocycles. The van der Waals surface area contributed by atoms with Gasteiger partial charge in [0.05, 0.1) is 23.7 Å². The Balaban J connectivity index is 2.32. The zero-order valence-corrected chi connectivity index (χ0v) is 10.4. The van der Waals surface area contributed by atoms with Crippen LogP contribution in [0.1, 0.15) is 0 Å². The first-order valence-corrected chi connectivity index (χ1v) is 5.91. The molecule has 3 rings (SSSR count). The quantitative estimate of drug-likeness (QED) is 0.703. The molecule has 2 aromatic carbocycles. The maximum atomic E-state index is 12.5. The molecule has 0 spiro atoms. The summed E-state index contributed by atoms with van der Waals surface area (Å²) in [6.45, 7) is 0. The van der Waals surface area contributed by atoms with Gasteiger partial charge >= 0.3 is 0 Å². The molecule has 0 radical (unpaired) electrons. The highest BCUT2D eigenvalue weighted by Gasteiger charge is 2.08. The second kappa shape index (κ2) is 4.57. The number of nitrogens with zero attached hydrogens (tertiary/aromatic N) is 2. The number of ether oxygens (including phenoxy) is 1. The molecule has 1 heterocycles. The minimum absolute atomic E-state index is 0.102. The fraction of sp³-hybridized carbons (Fsp3) is 0.0667. The zero-order valence-electron chi connectivity index (χ0n) is 10.4. The van der Waals surface area contributed by atoms with Gasteiger partial charge in [0.15, 0.2) is 0 Å². The first-order valence-electron chi connectivity index (χ1n) is 5.91. The normalized spacial score (nSPS) is 10.6. The van der Waals surface area contributed by atoms with E-state index in [1.807, 2.05) is 42.5 Å². The average Bonchev–Trinajstić information content (AvgIpc) is 2.48. The zero-order chi connectivity index (χ0) is 13.2. The Morgan fingerprint density at radius 2 is 1.79 bits per heavy atom. The predicted molar refractivity (Wildman–Crippen MR) is 73.9 cm³/mol. The molecular weight excluding hydrogens is 240 g/mol. The lowest BCUT2D eigenvalue weighted by molar-refractivity contribution is 0.412. The molecule has 0 N–H and O–H groups in total. The number of benzene rings is 2. The third kappa shape index (κ3) is 1.87. The first kappa shape index (κ1) is 11.5. The molecule has 94 valence electrons. The third-order valence-corrected chi connectivity index (χ3v) is 3.01. The van der Waals surface area contributed by atoms with Crippen LogP contribution in [-0.2, 0) is 0 Å². The van der Waals surface area contributed by atoms with Crippen LogP contribution in [0.15, 0.2) is 59.7 Å². The summed E-state index contributed by atoms with van der Waals surface area (Å²) >= 11 is 0. The van der Waals surface area contributed by atoms with Crippen molar-refractivity contribution in [2.75, 3.05) is 7.11 Å². The molecule has 4 heteroatoms. The van der Waals surface area contributed by atoms with Gasteiger partial charge < -0.3 is 4.74 Å². The van der Waals surface area contributed by atoms with Gasteiger partial charge in [0.25, 0.3) is 5.56 Å². The van der Waals surface area contributed by atoms with E-state index in [2.05, 4.69) is 4.98 Å². The molecule has 0 aliphatic carbocycles. The van der Waals surface area contributed by atoms with Crippen LogP contribution < -0.4 is 10.3 Å². The van der Waals surface area contributed by atoms with Crippen molar-refractivity contribution < 1.29 is 4.74 Å². The molecule has 3 aromatic rings. The predicted octanol–water partition coefficient (Wildman–Crippen LogP) is 2.39. The van der Waals surface area contributed by atoms with Crippen molar-refractivity contribution in [2.45, 2.75) is 0 Å². The van der Waals surface area contributed by atoms with E-state index in [-0.39, 0.29) is 5.56 Å². The Morgan fingerprint density at radius 3 is 2.63 bits per heavy atom. The van der Waals surface area contributed by atoms with Gasteiger partial charge in [-0.25, -0.2) is 4.98 Å². The van der Waals surface area contributed by atoms with Crippen LogP contribution in [0, 0.1) is 0 Å². The van der Waals surface area contributed by atoms with E-state index in [1.54, 1.807) is 13.2 Å². The second-order valence-electron chi connectivity index (χ2n) is 4.11. The summed E-state index contributed by atoms with van der Waals surface area (Å²) in [6, 6.07) is 14.7. The maximum absolute atomic E-state index is 12.5. The molecule has 0 fully saturated rings. The van der Waals surface area contributed by atoms with E-state index in [4.69, 9.17) is 4.74 Å². The smallest absolute Gasteiger partial charge is 0.265 e. The van der Waals surface area contributed by atoms with Crippen LogP contribution in [-0.4, -0.2) is 16.7 Å². The average molecular weight is 252 g/mol. The van der Waals surface area contributed by atoms with Crippen molar-refractivity contribution in [3.8, 4) is 11.4 Å². The minimum Gasteiger partial charge on any atom is -0.495 e. The Bertz CT molecular complexity index is 793. The minimum atomic E-state index is -0.102. The molecule has 0 aliphatic rings. The van der Waals surface area contributed by atoms with Crippen molar-refractivity contribution in [3.63, 3.8) is 0 Å². The molecule has 0 saturated heterocycles. The highest BCUT2D eigenvalue weighted by molar-refractivity contribution is 5.77. The van der Waals surface area contributed by atoms with Gasteiger partial charge in [-0.2, -0.15) is 0 Å². The lowest BCUT2D eigenvalue weighted by atomic mass is 10.2. The Kier molecular flexibility index (Phi) is 2.76. The highest BCUT2D eigenvalue weighted by Crippen LogP contribution is 2.20. The van der Waals surface area contributed by atoms with Crippen molar-refractivity contribution in [2.24, 2.45) is 0 Å². The van der Waals surface area contributed by atoms with E-state index in [0.717, 1.165) is 0 Å². The molecule has 0 saturated carbocycles. The van der Waals surface area contributed by atoms with Crippen molar-refractivity contribution >= 4 is 10.9 Å². The topological polar surface area (TPSA) is 44.1 Å². The van der Waals surface area contributed by atoms with Crippen molar-refractivity contribution in [1.82, 2.24) is 9.55 Å². The van der Waals surface area contributed by atoms with Gasteiger partial charge in [0.2, 0.25) is 0 Å². The first-order chi connectivity index (χ1) is 9.31. The van der Waals surface area contributed by atoms with Gasteiger partial charge in [0.1, 0.15) is 12.1 Å². The standard InChI is InChI=1S/C15H12N2O2/c1-19-14-9-5-4-8-13(14)17-10-16-12-7-3-2-6-11(12)15(17)18/h2-10H,1H3. The van der Waals surface area contributed by atoms with E-state index in [1.165, 1.54) is 10.9 Å². The van der Waals surface area contributed by atoms with Gasteiger partial charge in [-0.05, 0) is 24.3 Å². The molecule has 0 atom stereocenters. The Labute approximate surface area is 109 Å². The summed E-state index contributed by atoms with van der Waals surface area (Å²) in [4.78, 5) is 16.8. The molecular formula is C15H12N2O2. The number of para-hydroxylation sites is 3. The SMILES string of the molecule is COc1ccccc1-n1cnc2ccccc2c1=O. The summed E-state index contributed by atoms with van der Waals surface area (Å²) in [6.07, 6.45) is 1.53. The molecule has 0 aliphatic heterocycles. The fourth-order valence-corrected chi connectivity index (χ4v) is 2.07. The number of hydrogen-bond donors (Lipinski definition) is 0. The molecule has 0 bridgehead atoms. The molecule has 19 heavy (non-hydrogen) atoms. The largest absolute Gasteiger partial charge is 0.495 e. The Morgan fingerprint density at radius 1 is 1.05 bits per heavy atom. The summed E-state index contributed by atoms with van der Waals surface area (Å²) < 4.78 is 6.78. The summed E-state index contributed by atoms with van der Waals surface area (Å²) in [5.41, 5.74) is 1.28. The van der Waals surface area contributed by atoms with Crippen LogP contribution in [0.2, 0.25) is 0 Å². The van der Waals surface area contributed by atoms with Gasteiger partial charge in [-0.1, -0.05) is 24.3 Å². The second-order valence-corrected chi connectivity index (χ2v) is 4.11. The van der Waals surface area contributed by atoms with Crippen LogP contribution in [0.4, 0.5) is 0 Å². The number of hydrogen-bond acceptors (Lipinski definition) is 3. The van der Waals surface area contributed by atoms with E-state index >= 15 is 0 Å². The lowest BCUT2D eigenvalue weighted by Gasteiger charge is -2.10. The van der Waals surface area contributed by atoms with Crippen molar-refractivity contribution in [1.29, 1.82) is 0 Å². The summed E-state index contributed by atoms with van der Waals surface area (Å²) in [5, 5.41) is 0.593.